The normalized spacial score (nSPS) is 15.6. The third-order valence-corrected chi connectivity index (χ3v) is 6.07. The lowest BCUT2D eigenvalue weighted by Crippen LogP contribution is -2.48. The van der Waals surface area contributed by atoms with E-state index < -0.39 is 0 Å². The molecule has 0 heterocycles. The minimum atomic E-state index is 0.653. The molecule has 0 aromatic heterocycles. The van der Waals surface area contributed by atoms with Crippen LogP contribution < -0.4 is 0 Å². The van der Waals surface area contributed by atoms with Gasteiger partial charge in [0.1, 0.15) is 0 Å². The average molecular weight is 307 g/mol. The monoisotopic (exact) mass is 306 g/mol. The third kappa shape index (κ3) is 5.10. The van der Waals surface area contributed by atoms with Crippen molar-refractivity contribution < 1.29 is 8.97 Å². The van der Waals surface area contributed by atoms with Gasteiger partial charge in [-0.2, -0.15) is 0 Å². The summed E-state index contributed by atoms with van der Waals surface area (Å²) in [5.41, 5.74) is 2.97. The predicted octanol–water partition coefficient (Wildman–Crippen LogP) is 3.74. The number of hydrogen-bond acceptors (Lipinski definition) is 0. The van der Waals surface area contributed by atoms with E-state index >= 15 is 0 Å². The maximum absolute atomic E-state index is 2.43. The zero-order valence-corrected chi connectivity index (χ0v) is 16.2. The Morgan fingerprint density at radius 1 is 0.773 bits per heavy atom. The van der Waals surface area contributed by atoms with Crippen molar-refractivity contribution in [1.29, 1.82) is 0 Å². The van der Waals surface area contributed by atoms with Gasteiger partial charge in [0.25, 0.3) is 0 Å². The van der Waals surface area contributed by atoms with Gasteiger partial charge in [0.05, 0.1) is 53.4 Å². The molecule has 0 saturated carbocycles. The summed E-state index contributed by atoms with van der Waals surface area (Å²) >= 11 is 0. The lowest BCUT2D eigenvalue weighted by Gasteiger charge is -2.36. The number of rotatable bonds is 8. The van der Waals surface area contributed by atoms with Gasteiger partial charge in [-0.05, 0) is 38.8 Å². The van der Waals surface area contributed by atoms with Gasteiger partial charge in [-0.25, -0.2) is 0 Å². The summed E-state index contributed by atoms with van der Waals surface area (Å²) in [6.45, 7) is 11.7. The van der Waals surface area contributed by atoms with Crippen molar-refractivity contribution in [3.8, 4) is 0 Å². The first kappa shape index (κ1) is 19.2. The number of hydrogen-bond donors (Lipinski definition) is 0. The van der Waals surface area contributed by atoms with Crippen LogP contribution in [0.1, 0.15) is 38.8 Å². The van der Waals surface area contributed by atoms with Crippen LogP contribution in [0.3, 0.4) is 0 Å². The van der Waals surface area contributed by atoms with Gasteiger partial charge in [0.2, 0.25) is 0 Å². The van der Waals surface area contributed by atoms with Gasteiger partial charge in [0, 0.05) is 12.8 Å². The second kappa shape index (κ2) is 7.61. The molecule has 1 aromatic rings. The Labute approximate surface area is 138 Å². The van der Waals surface area contributed by atoms with Crippen LogP contribution in [0.15, 0.2) is 24.3 Å². The third-order valence-electron chi connectivity index (χ3n) is 6.07. The summed E-state index contributed by atoms with van der Waals surface area (Å²) in [5.74, 6) is 0. The standard InChI is InChI=1S/C20H38N2/c1-9-21(5,6)17(3)14-19-12-11-13-20(16-19)15-18(4)22(7,8)10-2/h11-13,16-18H,9-10,14-15H2,1-8H3/q+2. The number of nitrogens with zero attached hydrogens (tertiary/aromatic N) is 2. The highest BCUT2D eigenvalue weighted by atomic mass is 15.3. The van der Waals surface area contributed by atoms with Crippen molar-refractivity contribution in [2.75, 3.05) is 41.3 Å². The van der Waals surface area contributed by atoms with Crippen LogP contribution in [0, 0.1) is 0 Å². The van der Waals surface area contributed by atoms with Gasteiger partial charge in [0.15, 0.2) is 0 Å². The molecule has 0 aliphatic heterocycles. The molecule has 2 atom stereocenters. The van der Waals surface area contributed by atoms with Crippen molar-refractivity contribution in [2.24, 2.45) is 0 Å². The minimum Gasteiger partial charge on any atom is -0.326 e. The SMILES string of the molecule is CC[N+](C)(C)C(C)Cc1cccc(CC(C)[N+](C)(C)CC)c1. The smallest absolute Gasteiger partial charge is 0.0898 e. The molecule has 0 aliphatic rings. The molecule has 0 saturated heterocycles. The van der Waals surface area contributed by atoms with E-state index in [0.717, 1.165) is 21.8 Å². The maximum Gasteiger partial charge on any atom is 0.0898 e. The van der Waals surface area contributed by atoms with Crippen LogP contribution in [0.2, 0.25) is 0 Å². The molecule has 0 amide bonds. The van der Waals surface area contributed by atoms with Crippen LogP contribution >= 0.6 is 0 Å². The fourth-order valence-corrected chi connectivity index (χ4v) is 2.68. The van der Waals surface area contributed by atoms with Gasteiger partial charge < -0.3 is 8.97 Å². The first-order chi connectivity index (χ1) is 10.1. The molecule has 2 nitrogen and oxygen atoms in total. The van der Waals surface area contributed by atoms with Crippen LogP contribution in [0.25, 0.3) is 0 Å². The van der Waals surface area contributed by atoms with E-state index in [4.69, 9.17) is 0 Å². The highest BCUT2D eigenvalue weighted by molar-refractivity contribution is 5.24. The van der Waals surface area contributed by atoms with E-state index in [9.17, 15) is 0 Å². The summed E-state index contributed by atoms with van der Waals surface area (Å²) in [4.78, 5) is 0. The zero-order chi connectivity index (χ0) is 17.0. The van der Waals surface area contributed by atoms with Crippen molar-refractivity contribution in [3.63, 3.8) is 0 Å². The summed E-state index contributed by atoms with van der Waals surface area (Å²) in [5, 5.41) is 0. The van der Waals surface area contributed by atoms with Gasteiger partial charge >= 0.3 is 0 Å². The predicted molar refractivity (Wildman–Crippen MR) is 98.1 cm³/mol. The summed E-state index contributed by atoms with van der Waals surface area (Å²) in [6, 6.07) is 10.6. The molecule has 0 spiro atoms. The number of benzene rings is 1. The molecule has 126 valence electrons. The fourth-order valence-electron chi connectivity index (χ4n) is 2.68. The Morgan fingerprint density at radius 2 is 1.14 bits per heavy atom. The molecule has 1 rings (SSSR count). The Kier molecular flexibility index (Phi) is 6.64. The summed E-state index contributed by atoms with van der Waals surface area (Å²) in [6.07, 6.45) is 2.32. The molecule has 0 radical (unpaired) electrons. The lowest BCUT2D eigenvalue weighted by molar-refractivity contribution is -0.911. The molecule has 0 aliphatic carbocycles. The lowest BCUT2D eigenvalue weighted by atomic mass is 9.98. The minimum absolute atomic E-state index is 0.653. The average Bonchev–Trinajstić information content (AvgIpc) is 2.47. The van der Waals surface area contributed by atoms with E-state index in [1.165, 1.54) is 24.2 Å². The quantitative estimate of drug-likeness (QED) is 0.642. The number of likely N-dealkylation sites (N-methyl/N-ethyl adjacent to an activating group) is 2. The Bertz CT molecular complexity index is 423. The summed E-state index contributed by atoms with van der Waals surface area (Å²) < 4.78 is 2.17. The Morgan fingerprint density at radius 3 is 1.45 bits per heavy atom. The molecule has 2 heteroatoms. The van der Waals surface area contributed by atoms with Gasteiger partial charge in [-0.1, -0.05) is 24.3 Å². The summed E-state index contributed by atoms with van der Waals surface area (Å²) in [7, 11) is 9.32. The molecular weight excluding hydrogens is 268 g/mol. The van der Waals surface area contributed by atoms with Crippen LogP contribution in [-0.2, 0) is 12.8 Å². The molecule has 2 unspecified atom stereocenters. The van der Waals surface area contributed by atoms with E-state index in [1.807, 2.05) is 0 Å². The zero-order valence-electron chi connectivity index (χ0n) is 16.2. The Hall–Kier alpha value is -0.860. The highest BCUT2D eigenvalue weighted by Gasteiger charge is 2.23. The van der Waals surface area contributed by atoms with Crippen LogP contribution in [0.5, 0.6) is 0 Å². The second-order valence-corrected chi connectivity index (χ2v) is 8.12. The maximum atomic E-state index is 2.43. The van der Waals surface area contributed by atoms with Gasteiger partial charge in [-0.15, -0.1) is 0 Å². The number of quaternary nitrogens is 2. The second-order valence-electron chi connectivity index (χ2n) is 8.12. The molecule has 0 bridgehead atoms. The van der Waals surface area contributed by atoms with Gasteiger partial charge in [-0.3, -0.25) is 0 Å². The van der Waals surface area contributed by atoms with Crippen molar-refractivity contribution >= 4 is 0 Å². The molecule has 22 heavy (non-hydrogen) atoms. The molecular formula is C20H38N2+2. The first-order valence-corrected chi connectivity index (χ1v) is 8.85. The largest absolute Gasteiger partial charge is 0.326 e. The van der Waals surface area contributed by atoms with Crippen molar-refractivity contribution in [3.05, 3.63) is 35.4 Å². The van der Waals surface area contributed by atoms with E-state index in [1.54, 1.807) is 0 Å². The van der Waals surface area contributed by atoms with E-state index in [0.29, 0.717) is 12.1 Å². The van der Waals surface area contributed by atoms with Crippen LogP contribution in [-0.4, -0.2) is 62.3 Å². The highest BCUT2D eigenvalue weighted by Crippen LogP contribution is 2.17. The molecule has 0 N–H and O–H groups in total. The van der Waals surface area contributed by atoms with Crippen molar-refractivity contribution in [1.82, 2.24) is 0 Å². The first-order valence-electron chi connectivity index (χ1n) is 8.85. The van der Waals surface area contributed by atoms with Crippen LogP contribution in [0.4, 0.5) is 0 Å². The molecule has 0 fully saturated rings. The van der Waals surface area contributed by atoms with E-state index in [2.05, 4.69) is 80.2 Å². The Balaban J connectivity index is 2.79. The van der Waals surface area contributed by atoms with E-state index in [-0.39, 0.29) is 0 Å². The van der Waals surface area contributed by atoms with Crippen molar-refractivity contribution in [2.45, 2.75) is 52.6 Å². The molecule has 1 aromatic carbocycles. The topological polar surface area (TPSA) is 0 Å². The fraction of sp³-hybridized carbons (Fsp3) is 0.700.